The fourth-order valence-electron chi connectivity index (χ4n) is 2.64. The predicted octanol–water partition coefficient (Wildman–Crippen LogP) is 4.16. The minimum absolute atomic E-state index is 0.145. The third-order valence-corrected chi connectivity index (χ3v) is 3.63. The van der Waals surface area contributed by atoms with Crippen LogP contribution in [-0.2, 0) is 0 Å². The van der Waals surface area contributed by atoms with Crippen LogP contribution in [-0.4, -0.2) is 9.55 Å². The van der Waals surface area contributed by atoms with Gasteiger partial charge in [0.25, 0.3) is 0 Å². The molecular formula is C14H14F3N3. The molecule has 1 N–H and O–H groups in total. The van der Waals surface area contributed by atoms with Crippen LogP contribution in [0.4, 0.5) is 24.8 Å². The van der Waals surface area contributed by atoms with Gasteiger partial charge in [0.05, 0.1) is 0 Å². The van der Waals surface area contributed by atoms with E-state index in [2.05, 4.69) is 10.3 Å². The summed E-state index contributed by atoms with van der Waals surface area (Å²) in [5, 5.41) is 2.84. The van der Waals surface area contributed by atoms with E-state index < -0.39 is 17.5 Å². The summed E-state index contributed by atoms with van der Waals surface area (Å²) in [6, 6.07) is 2.20. The van der Waals surface area contributed by atoms with Crippen LogP contribution >= 0.6 is 0 Å². The van der Waals surface area contributed by atoms with E-state index in [1.54, 1.807) is 6.20 Å². The van der Waals surface area contributed by atoms with Gasteiger partial charge < -0.3 is 9.88 Å². The van der Waals surface area contributed by atoms with E-state index in [1.807, 2.05) is 10.8 Å². The number of hydrogen-bond acceptors (Lipinski definition) is 2. The number of benzene rings is 1. The molecule has 1 aliphatic carbocycles. The van der Waals surface area contributed by atoms with Crippen molar-refractivity contribution in [2.45, 2.75) is 31.7 Å². The lowest BCUT2D eigenvalue weighted by Crippen LogP contribution is -2.08. The molecule has 0 saturated heterocycles. The Balaban J connectivity index is 1.86. The molecule has 0 bridgehead atoms. The minimum atomic E-state index is -1.46. The normalized spacial score (nSPS) is 15.8. The molecule has 106 valence electrons. The molecule has 0 amide bonds. The Morgan fingerprint density at radius 3 is 2.40 bits per heavy atom. The van der Waals surface area contributed by atoms with Gasteiger partial charge in [0.2, 0.25) is 5.95 Å². The Hall–Kier alpha value is -1.98. The lowest BCUT2D eigenvalue weighted by Gasteiger charge is -2.15. The van der Waals surface area contributed by atoms with Crippen LogP contribution < -0.4 is 5.32 Å². The molecule has 3 nitrogen and oxygen atoms in total. The molecule has 1 heterocycles. The van der Waals surface area contributed by atoms with E-state index in [1.165, 1.54) is 12.8 Å². The highest BCUT2D eigenvalue weighted by Gasteiger charge is 2.19. The summed E-state index contributed by atoms with van der Waals surface area (Å²) >= 11 is 0. The van der Waals surface area contributed by atoms with E-state index >= 15 is 0 Å². The first-order valence-corrected chi connectivity index (χ1v) is 6.59. The second-order valence-electron chi connectivity index (χ2n) is 4.98. The van der Waals surface area contributed by atoms with Crippen molar-refractivity contribution in [2.75, 3.05) is 5.32 Å². The van der Waals surface area contributed by atoms with Crippen LogP contribution in [0.1, 0.15) is 31.7 Å². The molecule has 20 heavy (non-hydrogen) atoms. The summed E-state index contributed by atoms with van der Waals surface area (Å²) in [6.45, 7) is 0. The van der Waals surface area contributed by atoms with E-state index in [-0.39, 0.29) is 5.69 Å². The average molecular weight is 281 g/mol. The number of hydrogen-bond donors (Lipinski definition) is 1. The summed E-state index contributed by atoms with van der Waals surface area (Å²) in [7, 11) is 0. The standard InChI is InChI=1S/C14H14F3N3/c15-11-7-9(8-12(16)13(11)17)19-14-18-5-6-20(14)10-3-1-2-4-10/h5-8,10H,1-4H2,(H,18,19). The first-order valence-electron chi connectivity index (χ1n) is 6.59. The molecule has 1 aromatic heterocycles. The molecule has 0 aliphatic heterocycles. The first-order chi connectivity index (χ1) is 9.65. The second kappa shape index (κ2) is 5.19. The summed E-state index contributed by atoms with van der Waals surface area (Å²) in [5.41, 5.74) is 0.145. The van der Waals surface area contributed by atoms with Gasteiger partial charge in [-0.25, -0.2) is 18.2 Å². The van der Waals surface area contributed by atoms with Gasteiger partial charge in [-0.15, -0.1) is 0 Å². The highest BCUT2D eigenvalue weighted by Crippen LogP contribution is 2.32. The molecule has 2 aromatic rings. The maximum absolute atomic E-state index is 13.2. The fourth-order valence-corrected chi connectivity index (χ4v) is 2.64. The topological polar surface area (TPSA) is 29.9 Å². The summed E-state index contributed by atoms with van der Waals surface area (Å²) in [6.07, 6.45) is 7.95. The lowest BCUT2D eigenvalue weighted by molar-refractivity contribution is 0.448. The highest BCUT2D eigenvalue weighted by atomic mass is 19.2. The first kappa shape index (κ1) is 13.0. The number of aromatic nitrogens is 2. The lowest BCUT2D eigenvalue weighted by atomic mass is 10.2. The summed E-state index contributed by atoms with van der Waals surface area (Å²) in [4.78, 5) is 4.15. The molecule has 1 saturated carbocycles. The number of rotatable bonds is 3. The molecule has 1 fully saturated rings. The Morgan fingerprint density at radius 2 is 1.75 bits per heavy atom. The smallest absolute Gasteiger partial charge is 0.207 e. The molecule has 0 spiro atoms. The largest absolute Gasteiger partial charge is 0.325 e. The van der Waals surface area contributed by atoms with E-state index in [9.17, 15) is 13.2 Å². The molecule has 0 atom stereocenters. The van der Waals surface area contributed by atoms with Gasteiger partial charge >= 0.3 is 0 Å². The number of anilines is 2. The zero-order valence-corrected chi connectivity index (χ0v) is 10.7. The number of nitrogens with zero attached hydrogens (tertiary/aromatic N) is 2. The van der Waals surface area contributed by atoms with Gasteiger partial charge in [-0.3, -0.25) is 0 Å². The third-order valence-electron chi connectivity index (χ3n) is 3.63. The summed E-state index contributed by atoms with van der Waals surface area (Å²) < 4.78 is 41.3. The second-order valence-corrected chi connectivity index (χ2v) is 4.98. The Morgan fingerprint density at radius 1 is 1.10 bits per heavy atom. The molecule has 6 heteroatoms. The van der Waals surface area contributed by atoms with Crippen LogP contribution in [0.2, 0.25) is 0 Å². The minimum Gasteiger partial charge on any atom is -0.325 e. The van der Waals surface area contributed by atoms with Crippen LogP contribution in [0, 0.1) is 17.5 Å². The van der Waals surface area contributed by atoms with Crippen LogP contribution in [0.15, 0.2) is 24.5 Å². The Kier molecular flexibility index (Phi) is 3.38. The van der Waals surface area contributed by atoms with E-state index in [0.29, 0.717) is 12.0 Å². The molecule has 0 radical (unpaired) electrons. The fraction of sp³-hybridized carbons (Fsp3) is 0.357. The van der Waals surface area contributed by atoms with Crippen molar-refractivity contribution in [1.29, 1.82) is 0 Å². The van der Waals surface area contributed by atoms with Gasteiger partial charge in [0, 0.05) is 36.3 Å². The summed E-state index contributed by atoms with van der Waals surface area (Å²) in [5.74, 6) is -3.38. The molecule has 1 aliphatic rings. The highest BCUT2D eigenvalue weighted by molar-refractivity contribution is 5.54. The van der Waals surface area contributed by atoms with Crippen molar-refractivity contribution in [2.24, 2.45) is 0 Å². The van der Waals surface area contributed by atoms with Crippen molar-refractivity contribution in [3.05, 3.63) is 42.0 Å². The van der Waals surface area contributed by atoms with Gasteiger partial charge in [-0.05, 0) is 12.8 Å². The van der Waals surface area contributed by atoms with Crippen molar-refractivity contribution in [1.82, 2.24) is 9.55 Å². The molecule has 3 rings (SSSR count). The van der Waals surface area contributed by atoms with E-state index in [0.717, 1.165) is 25.0 Å². The number of imidazole rings is 1. The predicted molar refractivity (Wildman–Crippen MR) is 69.3 cm³/mol. The molecular weight excluding hydrogens is 267 g/mol. The van der Waals surface area contributed by atoms with Crippen molar-refractivity contribution >= 4 is 11.6 Å². The van der Waals surface area contributed by atoms with Gasteiger partial charge in [-0.2, -0.15) is 0 Å². The van der Waals surface area contributed by atoms with Crippen LogP contribution in [0.5, 0.6) is 0 Å². The van der Waals surface area contributed by atoms with E-state index in [4.69, 9.17) is 0 Å². The Labute approximate surface area is 114 Å². The van der Waals surface area contributed by atoms with Crippen molar-refractivity contribution in [3.8, 4) is 0 Å². The zero-order valence-electron chi connectivity index (χ0n) is 10.7. The maximum Gasteiger partial charge on any atom is 0.207 e. The van der Waals surface area contributed by atoms with Gasteiger partial charge in [0.1, 0.15) is 0 Å². The van der Waals surface area contributed by atoms with Gasteiger partial charge in [-0.1, -0.05) is 12.8 Å². The van der Waals surface area contributed by atoms with Crippen LogP contribution in [0.25, 0.3) is 0 Å². The quantitative estimate of drug-likeness (QED) is 0.856. The zero-order chi connectivity index (χ0) is 14.1. The van der Waals surface area contributed by atoms with Crippen molar-refractivity contribution < 1.29 is 13.2 Å². The molecule has 0 unspecified atom stereocenters. The third kappa shape index (κ3) is 2.37. The monoisotopic (exact) mass is 281 g/mol. The molecule has 1 aromatic carbocycles. The number of halogens is 3. The number of nitrogens with one attached hydrogen (secondary N) is 1. The van der Waals surface area contributed by atoms with Crippen molar-refractivity contribution in [3.63, 3.8) is 0 Å². The van der Waals surface area contributed by atoms with Gasteiger partial charge in [0.15, 0.2) is 17.5 Å². The SMILES string of the molecule is Fc1cc(Nc2nccn2C2CCCC2)cc(F)c1F. The van der Waals surface area contributed by atoms with Crippen LogP contribution in [0.3, 0.4) is 0 Å². The maximum atomic E-state index is 13.2. The Bertz CT molecular complexity index is 595. The average Bonchev–Trinajstić information content (AvgIpc) is 3.05.